The molecule has 0 aliphatic rings. The molecule has 0 radical (unpaired) electrons. The summed E-state index contributed by atoms with van der Waals surface area (Å²) in [5, 5.41) is -7.68. The molecular weight excluding hydrogens is 654 g/mol. The van der Waals surface area contributed by atoms with Gasteiger partial charge in [0, 0.05) is 6.61 Å². The van der Waals surface area contributed by atoms with Gasteiger partial charge in [-0.2, -0.15) is 79.0 Å². The van der Waals surface area contributed by atoms with Crippen LogP contribution in [0.4, 0.5) is 79.0 Å². The van der Waals surface area contributed by atoms with E-state index in [1.54, 1.807) is 0 Å². The summed E-state index contributed by atoms with van der Waals surface area (Å²) in [4.78, 5) is 0. The molecule has 0 amide bonds. The van der Waals surface area contributed by atoms with Crippen molar-refractivity contribution in [3.63, 3.8) is 0 Å². The molecule has 39 heavy (non-hydrogen) atoms. The summed E-state index contributed by atoms with van der Waals surface area (Å²) >= 11 is 0. The first-order chi connectivity index (χ1) is 16.6. The largest absolute Gasteiger partial charge is 0.460 e. The first-order valence-electron chi connectivity index (χ1n) is 9.07. The second kappa shape index (κ2) is 10.2. The normalized spacial score (nSPS) is 17.1. The van der Waals surface area contributed by atoms with Crippen molar-refractivity contribution < 1.29 is 101 Å². The standard InChI is InChI=1S/C14H12F18O5S2/c1-5(2-3-33)4-6(38(34,35)13(29,30)9(19,20)7(15,16)11(23,24)25)39(36,37)14(31,32)10(21,22)8(17,18)12(26,27)28/h5-6,33H,2-4H2,1H3. The van der Waals surface area contributed by atoms with E-state index in [1.165, 1.54) is 0 Å². The van der Waals surface area contributed by atoms with E-state index in [4.69, 9.17) is 5.11 Å². The molecule has 0 saturated carbocycles. The van der Waals surface area contributed by atoms with Gasteiger partial charge in [0.05, 0.1) is 0 Å². The van der Waals surface area contributed by atoms with Crippen LogP contribution >= 0.6 is 0 Å². The Morgan fingerprint density at radius 1 is 0.538 bits per heavy atom. The maximum atomic E-state index is 14.1. The van der Waals surface area contributed by atoms with Gasteiger partial charge < -0.3 is 5.11 Å². The predicted octanol–water partition coefficient (Wildman–Crippen LogP) is 5.40. The minimum absolute atomic E-state index is 0.315. The Balaban J connectivity index is 7.60. The molecule has 1 atom stereocenters. The zero-order valence-electron chi connectivity index (χ0n) is 18.0. The number of alkyl halides is 18. The first kappa shape index (κ1) is 37.6. The summed E-state index contributed by atoms with van der Waals surface area (Å²) in [7, 11) is -17.3. The molecule has 0 spiro atoms. The highest BCUT2D eigenvalue weighted by atomic mass is 32.3. The molecule has 0 aliphatic heterocycles. The highest BCUT2D eigenvalue weighted by molar-refractivity contribution is 8.10. The van der Waals surface area contributed by atoms with Crippen molar-refractivity contribution in [2.75, 3.05) is 6.61 Å². The summed E-state index contributed by atoms with van der Waals surface area (Å²) in [6, 6.07) is 0. The molecule has 5 nitrogen and oxygen atoms in total. The van der Waals surface area contributed by atoms with Crippen molar-refractivity contribution in [1.82, 2.24) is 0 Å². The molecule has 0 aliphatic carbocycles. The van der Waals surface area contributed by atoms with Crippen LogP contribution < -0.4 is 0 Å². The van der Waals surface area contributed by atoms with Crippen LogP contribution in [0.25, 0.3) is 0 Å². The van der Waals surface area contributed by atoms with Crippen LogP contribution in [0, 0.1) is 5.92 Å². The van der Waals surface area contributed by atoms with Crippen molar-refractivity contribution in [3.05, 3.63) is 0 Å². The summed E-state index contributed by atoms with van der Waals surface area (Å²) in [6.45, 7) is -1.01. The lowest BCUT2D eigenvalue weighted by Gasteiger charge is -2.37. The third-order valence-corrected chi connectivity index (χ3v) is 10.1. The zero-order valence-corrected chi connectivity index (χ0v) is 19.6. The lowest BCUT2D eigenvalue weighted by atomic mass is 10.1. The van der Waals surface area contributed by atoms with Crippen LogP contribution in [0.2, 0.25) is 0 Å². The number of hydrogen-bond acceptors (Lipinski definition) is 5. The Bertz CT molecular complexity index is 1010. The fourth-order valence-electron chi connectivity index (χ4n) is 2.50. The van der Waals surface area contributed by atoms with Crippen molar-refractivity contribution >= 4 is 19.7 Å². The van der Waals surface area contributed by atoms with Crippen molar-refractivity contribution in [2.45, 2.75) is 70.9 Å². The fraction of sp³-hybridized carbons (Fsp3) is 1.00. The van der Waals surface area contributed by atoms with Crippen molar-refractivity contribution in [2.24, 2.45) is 5.92 Å². The van der Waals surface area contributed by atoms with Gasteiger partial charge >= 0.3 is 46.6 Å². The summed E-state index contributed by atoms with van der Waals surface area (Å²) in [5.74, 6) is -35.2. The zero-order chi connectivity index (χ0) is 32.3. The van der Waals surface area contributed by atoms with E-state index in [0.717, 1.165) is 0 Å². The van der Waals surface area contributed by atoms with Gasteiger partial charge in [0.15, 0.2) is 4.58 Å². The smallest absolute Gasteiger partial charge is 0.396 e. The minimum Gasteiger partial charge on any atom is -0.396 e. The third-order valence-electron chi connectivity index (χ3n) is 4.86. The molecule has 236 valence electrons. The SMILES string of the molecule is CC(CCO)CC(S(=O)(=O)C(F)(F)C(F)(F)C(F)(F)C(F)(F)F)S(=O)(=O)C(F)(F)C(F)(F)C(F)(F)C(F)(F)F. The molecule has 0 aromatic carbocycles. The van der Waals surface area contributed by atoms with E-state index in [0.29, 0.717) is 6.92 Å². The predicted molar refractivity (Wildman–Crippen MR) is 88.9 cm³/mol. The average Bonchev–Trinajstić information content (AvgIpc) is 2.69. The Labute approximate surface area is 205 Å². The number of halogens is 18. The molecule has 0 heterocycles. The monoisotopic (exact) mass is 666 g/mol. The van der Waals surface area contributed by atoms with Crippen LogP contribution in [0.1, 0.15) is 19.8 Å². The molecular formula is C14H12F18O5S2. The van der Waals surface area contributed by atoms with Gasteiger partial charge in [0.25, 0.3) is 0 Å². The Morgan fingerprint density at radius 3 is 1.00 bits per heavy atom. The lowest BCUT2D eigenvalue weighted by molar-refractivity contribution is -0.382. The number of aliphatic hydroxyl groups excluding tert-OH is 1. The number of aliphatic hydroxyl groups is 1. The van der Waals surface area contributed by atoms with Crippen molar-refractivity contribution in [3.8, 4) is 0 Å². The fourth-order valence-corrected chi connectivity index (χ4v) is 7.35. The molecule has 1 N–H and O–H groups in total. The van der Waals surface area contributed by atoms with Gasteiger partial charge in [-0.05, 0) is 18.8 Å². The van der Waals surface area contributed by atoms with Gasteiger partial charge in [-0.1, -0.05) is 6.92 Å². The minimum atomic E-state index is -8.67. The molecule has 0 aromatic heterocycles. The van der Waals surface area contributed by atoms with Crippen LogP contribution in [-0.2, 0) is 19.7 Å². The molecule has 0 aromatic rings. The highest BCUT2D eigenvalue weighted by Gasteiger charge is 2.89. The quantitative estimate of drug-likeness (QED) is 0.282. The van der Waals surface area contributed by atoms with E-state index in [9.17, 15) is 95.9 Å². The Kier molecular flexibility index (Phi) is 9.79. The van der Waals surface area contributed by atoms with Crippen molar-refractivity contribution in [1.29, 1.82) is 0 Å². The van der Waals surface area contributed by atoms with Gasteiger partial charge in [-0.3, -0.25) is 0 Å². The number of sulfone groups is 2. The van der Waals surface area contributed by atoms with E-state index < -0.39 is 96.2 Å². The molecule has 1 unspecified atom stereocenters. The second-order valence-electron chi connectivity index (χ2n) is 7.70. The summed E-state index contributed by atoms with van der Waals surface area (Å²) < 4.78 is 280. The third kappa shape index (κ3) is 5.46. The number of rotatable bonds is 12. The maximum absolute atomic E-state index is 14.1. The topological polar surface area (TPSA) is 88.5 Å². The van der Waals surface area contributed by atoms with E-state index in [1.807, 2.05) is 0 Å². The second-order valence-corrected chi connectivity index (χ2v) is 12.3. The first-order valence-corrected chi connectivity index (χ1v) is 12.2. The molecule has 0 fully saturated rings. The Hall–Kier alpha value is -1.40. The average molecular weight is 666 g/mol. The van der Waals surface area contributed by atoms with Gasteiger partial charge in [0.2, 0.25) is 19.7 Å². The van der Waals surface area contributed by atoms with E-state index >= 15 is 0 Å². The van der Waals surface area contributed by atoms with E-state index in [-0.39, 0.29) is 0 Å². The molecule has 0 rings (SSSR count). The number of hydrogen-bond donors (Lipinski definition) is 1. The van der Waals surface area contributed by atoms with Crippen LogP contribution in [0.15, 0.2) is 0 Å². The molecule has 0 bridgehead atoms. The Morgan fingerprint density at radius 2 is 0.795 bits per heavy atom. The van der Waals surface area contributed by atoms with Gasteiger partial charge in [-0.15, -0.1) is 0 Å². The van der Waals surface area contributed by atoms with Gasteiger partial charge in [-0.25, -0.2) is 16.8 Å². The van der Waals surface area contributed by atoms with Crippen LogP contribution in [0.5, 0.6) is 0 Å². The van der Waals surface area contributed by atoms with Crippen LogP contribution in [-0.4, -0.2) is 79.7 Å². The lowest BCUT2D eigenvalue weighted by Crippen LogP contribution is -2.68. The summed E-state index contributed by atoms with van der Waals surface area (Å²) in [5.41, 5.74) is 0. The highest BCUT2D eigenvalue weighted by Crippen LogP contribution is 2.59. The maximum Gasteiger partial charge on any atom is 0.460 e. The molecule has 0 saturated heterocycles. The van der Waals surface area contributed by atoms with Gasteiger partial charge in [0.1, 0.15) is 0 Å². The summed E-state index contributed by atoms with van der Waals surface area (Å²) in [6.07, 6.45) is -19.5. The van der Waals surface area contributed by atoms with E-state index in [2.05, 4.69) is 0 Å². The van der Waals surface area contributed by atoms with Crippen LogP contribution in [0.3, 0.4) is 0 Å². The molecule has 25 heteroatoms.